The molecule has 0 aliphatic heterocycles. The molecule has 0 aliphatic rings. The van der Waals surface area contributed by atoms with Crippen molar-refractivity contribution in [3.63, 3.8) is 0 Å². The van der Waals surface area contributed by atoms with Crippen molar-refractivity contribution in [3.8, 4) is 0 Å². The Morgan fingerprint density at radius 2 is 2.35 bits per heavy atom. The fourth-order valence-corrected chi connectivity index (χ4v) is 2.68. The summed E-state index contributed by atoms with van der Waals surface area (Å²) in [5, 5.41) is 8.01. The fourth-order valence-electron chi connectivity index (χ4n) is 1.77. The molecule has 0 bridgehead atoms. The van der Waals surface area contributed by atoms with Crippen molar-refractivity contribution in [1.82, 2.24) is 14.7 Å². The second-order valence-corrected chi connectivity index (χ2v) is 5.45. The molecular weight excluding hydrogens is 296 g/mol. The van der Waals surface area contributed by atoms with Gasteiger partial charge in [0.15, 0.2) is 4.96 Å². The Bertz CT molecular complexity index is 723. The van der Waals surface area contributed by atoms with Crippen LogP contribution in [0.25, 0.3) is 4.96 Å². The fraction of sp³-hybridized carbons (Fsp3) is 0.0769. The molecule has 20 heavy (non-hydrogen) atoms. The second kappa shape index (κ2) is 5.52. The standard InChI is InChI=1S/C13H11ClN4OS/c14-9-2-1-3-10(6-9)16-12(19)15-7-11-8-18-4-5-20-13(18)17-11/h1-6,8H,7H2,(H2,15,16,19). The number of nitrogens with zero attached hydrogens (tertiary/aromatic N) is 2. The summed E-state index contributed by atoms with van der Waals surface area (Å²) in [4.78, 5) is 17.1. The van der Waals surface area contributed by atoms with Crippen LogP contribution >= 0.6 is 22.9 Å². The molecule has 0 spiro atoms. The molecule has 0 unspecified atom stereocenters. The first-order chi connectivity index (χ1) is 9.70. The highest BCUT2D eigenvalue weighted by Gasteiger charge is 2.05. The lowest BCUT2D eigenvalue weighted by Crippen LogP contribution is -2.28. The van der Waals surface area contributed by atoms with E-state index >= 15 is 0 Å². The zero-order chi connectivity index (χ0) is 13.9. The van der Waals surface area contributed by atoms with Crippen LogP contribution in [0.15, 0.2) is 42.0 Å². The van der Waals surface area contributed by atoms with Crippen molar-refractivity contribution in [3.05, 3.63) is 52.8 Å². The second-order valence-electron chi connectivity index (χ2n) is 4.14. The minimum Gasteiger partial charge on any atom is -0.332 e. The highest BCUT2D eigenvalue weighted by atomic mass is 35.5. The molecule has 0 atom stereocenters. The van der Waals surface area contributed by atoms with Gasteiger partial charge in [-0.2, -0.15) is 0 Å². The van der Waals surface area contributed by atoms with Gasteiger partial charge < -0.3 is 10.6 Å². The predicted molar refractivity (Wildman–Crippen MR) is 80.4 cm³/mol. The van der Waals surface area contributed by atoms with Crippen molar-refractivity contribution in [1.29, 1.82) is 0 Å². The van der Waals surface area contributed by atoms with Crippen LogP contribution in [0.5, 0.6) is 0 Å². The summed E-state index contributed by atoms with van der Waals surface area (Å²) in [5.74, 6) is 0. The molecule has 2 heterocycles. The van der Waals surface area contributed by atoms with Crippen molar-refractivity contribution in [2.75, 3.05) is 5.32 Å². The van der Waals surface area contributed by atoms with Gasteiger partial charge in [-0.05, 0) is 18.2 Å². The van der Waals surface area contributed by atoms with Crippen LogP contribution in [0.3, 0.4) is 0 Å². The van der Waals surface area contributed by atoms with Gasteiger partial charge in [0.05, 0.1) is 12.2 Å². The smallest absolute Gasteiger partial charge is 0.319 e. The number of anilines is 1. The number of aromatic nitrogens is 2. The Morgan fingerprint density at radius 3 is 3.15 bits per heavy atom. The van der Waals surface area contributed by atoms with Gasteiger partial charge in [0.25, 0.3) is 0 Å². The number of imidazole rings is 1. The van der Waals surface area contributed by atoms with E-state index in [1.165, 1.54) is 0 Å². The highest BCUT2D eigenvalue weighted by molar-refractivity contribution is 7.15. The van der Waals surface area contributed by atoms with Gasteiger partial charge in [-0.3, -0.25) is 4.40 Å². The quantitative estimate of drug-likeness (QED) is 0.779. The SMILES string of the molecule is O=C(NCc1cn2ccsc2n1)Nc1cccc(Cl)c1. The van der Waals surface area contributed by atoms with E-state index in [9.17, 15) is 4.79 Å². The molecular formula is C13H11ClN4OS. The van der Waals surface area contributed by atoms with E-state index in [4.69, 9.17) is 11.6 Å². The van der Waals surface area contributed by atoms with Gasteiger partial charge in [-0.25, -0.2) is 9.78 Å². The topological polar surface area (TPSA) is 58.4 Å². The number of halogens is 1. The van der Waals surface area contributed by atoms with Crippen molar-refractivity contribution >= 4 is 39.6 Å². The van der Waals surface area contributed by atoms with E-state index in [0.717, 1.165) is 10.7 Å². The molecule has 0 aliphatic carbocycles. The van der Waals surface area contributed by atoms with E-state index in [-0.39, 0.29) is 6.03 Å². The van der Waals surface area contributed by atoms with Crippen LogP contribution in [0.1, 0.15) is 5.69 Å². The van der Waals surface area contributed by atoms with Crippen LogP contribution < -0.4 is 10.6 Å². The molecule has 1 aromatic carbocycles. The van der Waals surface area contributed by atoms with E-state index < -0.39 is 0 Å². The molecule has 2 N–H and O–H groups in total. The Hall–Kier alpha value is -2.05. The summed E-state index contributed by atoms with van der Waals surface area (Å²) in [6.45, 7) is 0.376. The number of thiazole rings is 1. The van der Waals surface area contributed by atoms with Crippen molar-refractivity contribution < 1.29 is 4.79 Å². The molecule has 0 fully saturated rings. The molecule has 2 aromatic heterocycles. The van der Waals surface area contributed by atoms with Crippen LogP contribution in [-0.2, 0) is 6.54 Å². The van der Waals surface area contributed by atoms with Crippen molar-refractivity contribution in [2.45, 2.75) is 6.54 Å². The summed E-state index contributed by atoms with van der Waals surface area (Å²) >= 11 is 7.41. The maximum absolute atomic E-state index is 11.8. The Balaban J connectivity index is 1.58. The zero-order valence-electron chi connectivity index (χ0n) is 10.3. The summed E-state index contributed by atoms with van der Waals surface area (Å²) < 4.78 is 1.93. The molecule has 7 heteroatoms. The molecule has 3 rings (SSSR count). The molecule has 5 nitrogen and oxygen atoms in total. The first kappa shape index (κ1) is 13.0. The normalized spacial score (nSPS) is 10.7. The molecule has 102 valence electrons. The number of rotatable bonds is 3. The summed E-state index contributed by atoms with van der Waals surface area (Å²) in [7, 11) is 0. The summed E-state index contributed by atoms with van der Waals surface area (Å²) in [6.07, 6.45) is 3.83. The average Bonchev–Trinajstić information content (AvgIpc) is 2.97. The average molecular weight is 307 g/mol. The number of hydrogen-bond acceptors (Lipinski definition) is 3. The van der Waals surface area contributed by atoms with E-state index in [0.29, 0.717) is 17.3 Å². The molecule has 0 radical (unpaired) electrons. The number of carbonyl (C=O) groups is 1. The van der Waals surface area contributed by atoms with Crippen LogP contribution in [0.4, 0.5) is 10.5 Å². The number of amides is 2. The summed E-state index contributed by atoms with van der Waals surface area (Å²) in [6, 6.07) is 6.71. The minimum atomic E-state index is -0.288. The molecule has 0 saturated carbocycles. The highest BCUT2D eigenvalue weighted by Crippen LogP contribution is 2.15. The first-order valence-electron chi connectivity index (χ1n) is 5.92. The predicted octanol–water partition coefficient (Wildman–Crippen LogP) is 3.37. The molecule has 2 amide bonds. The Labute approximate surface area is 124 Å². The van der Waals surface area contributed by atoms with Gasteiger partial charge in [-0.15, -0.1) is 11.3 Å². The van der Waals surface area contributed by atoms with Gasteiger partial charge in [0.1, 0.15) is 0 Å². The van der Waals surface area contributed by atoms with Gasteiger partial charge >= 0.3 is 6.03 Å². The van der Waals surface area contributed by atoms with E-state index in [1.54, 1.807) is 35.6 Å². The number of carbonyl (C=O) groups excluding carboxylic acids is 1. The monoisotopic (exact) mass is 306 g/mol. The van der Waals surface area contributed by atoms with Gasteiger partial charge in [0, 0.05) is 28.5 Å². The van der Waals surface area contributed by atoms with Crippen molar-refractivity contribution in [2.24, 2.45) is 0 Å². The van der Waals surface area contributed by atoms with E-state index in [2.05, 4.69) is 15.6 Å². The number of hydrogen-bond donors (Lipinski definition) is 2. The van der Waals surface area contributed by atoms with Gasteiger partial charge in [0.2, 0.25) is 0 Å². The lowest BCUT2D eigenvalue weighted by Gasteiger charge is -2.06. The lowest BCUT2D eigenvalue weighted by atomic mass is 10.3. The van der Waals surface area contributed by atoms with Crippen LogP contribution in [-0.4, -0.2) is 15.4 Å². The first-order valence-corrected chi connectivity index (χ1v) is 7.18. The number of fused-ring (bicyclic) bond motifs is 1. The van der Waals surface area contributed by atoms with Crippen LogP contribution in [0.2, 0.25) is 5.02 Å². The molecule has 0 saturated heterocycles. The van der Waals surface area contributed by atoms with Gasteiger partial charge in [-0.1, -0.05) is 17.7 Å². The number of nitrogens with one attached hydrogen (secondary N) is 2. The minimum absolute atomic E-state index is 0.288. The third kappa shape index (κ3) is 2.92. The Morgan fingerprint density at radius 1 is 1.45 bits per heavy atom. The maximum Gasteiger partial charge on any atom is 0.319 e. The zero-order valence-corrected chi connectivity index (χ0v) is 11.9. The maximum atomic E-state index is 11.8. The third-order valence-electron chi connectivity index (χ3n) is 2.66. The summed E-state index contributed by atoms with van der Waals surface area (Å²) in [5.41, 5.74) is 1.47. The number of urea groups is 1. The Kier molecular flexibility index (Phi) is 3.58. The van der Waals surface area contributed by atoms with E-state index in [1.807, 2.05) is 22.2 Å². The third-order valence-corrected chi connectivity index (χ3v) is 3.66. The lowest BCUT2D eigenvalue weighted by molar-refractivity contribution is 0.251. The molecule has 3 aromatic rings. The van der Waals surface area contributed by atoms with Crippen LogP contribution in [0, 0.1) is 0 Å². The number of benzene rings is 1. The largest absolute Gasteiger partial charge is 0.332 e.